The molecular formula is C21H28N2O3S. The van der Waals surface area contributed by atoms with E-state index in [9.17, 15) is 13.2 Å². The summed E-state index contributed by atoms with van der Waals surface area (Å²) in [5.74, 6) is -0.221. The Kier molecular flexibility index (Phi) is 7.16. The van der Waals surface area contributed by atoms with Gasteiger partial charge in [-0.25, -0.2) is 13.1 Å². The molecule has 5 nitrogen and oxygen atoms in total. The normalized spacial score (nSPS) is 13.8. The van der Waals surface area contributed by atoms with E-state index in [-0.39, 0.29) is 22.9 Å². The van der Waals surface area contributed by atoms with Crippen molar-refractivity contribution in [1.82, 2.24) is 10.0 Å². The zero-order valence-corrected chi connectivity index (χ0v) is 17.1. The fourth-order valence-electron chi connectivity index (χ4n) is 2.66. The summed E-state index contributed by atoms with van der Waals surface area (Å²) in [6, 6.07) is 13.9. The average Bonchev–Trinajstić information content (AvgIpc) is 2.66. The zero-order chi connectivity index (χ0) is 20.0. The lowest BCUT2D eigenvalue weighted by molar-refractivity contribution is 0.0935. The van der Waals surface area contributed by atoms with Crippen LogP contribution in [0.1, 0.15) is 61.1 Å². The van der Waals surface area contributed by atoms with E-state index >= 15 is 0 Å². The van der Waals surface area contributed by atoms with Gasteiger partial charge in [0.1, 0.15) is 0 Å². The Hall–Kier alpha value is -2.18. The molecule has 2 atom stereocenters. The minimum atomic E-state index is -3.57. The van der Waals surface area contributed by atoms with Gasteiger partial charge in [-0.2, -0.15) is 0 Å². The first-order valence-electron chi connectivity index (χ1n) is 9.26. The highest BCUT2D eigenvalue weighted by atomic mass is 32.2. The molecule has 2 unspecified atom stereocenters. The summed E-state index contributed by atoms with van der Waals surface area (Å²) in [6.45, 7) is 7.77. The van der Waals surface area contributed by atoms with Crippen LogP contribution >= 0.6 is 0 Å². The first-order chi connectivity index (χ1) is 12.8. The highest BCUT2D eigenvalue weighted by Crippen LogP contribution is 2.18. The van der Waals surface area contributed by atoms with E-state index < -0.39 is 10.0 Å². The number of benzene rings is 2. The van der Waals surface area contributed by atoms with Gasteiger partial charge in [0, 0.05) is 11.6 Å². The molecule has 2 aromatic rings. The summed E-state index contributed by atoms with van der Waals surface area (Å²) in [7, 11) is -3.57. The summed E-state index contributed by atoms with van der Waals surface area (Å²) < 4.78 is 27.2. The molecule has 6 heteroatoms. The Labute approximate surface area is 162 Å². The van der Waals surface area contributed by atoms with E-state index in [4.69, 9.17) is 0 Å². The summed E-state index contributed by atoms with van der Waals surface area (Å²) in [5.41, 5.74) is 2.65. The Morgan fingerprint density at radius 1 is 0.963 bits per heavy atom. The lowest BCUT2D eigenvalue weighted by Gasteiger charge is -2.18. The van der Waals surface area contributed by atoms with E-state index in [2.05, 4.69) is 10.0 Å². The van der Waals surface area contributed by atoms with Crippen molar-refractivity contribution in [3.63, 3.8) is 0 Å². The Morgan fingerprint density at radius 2 is 1.56 bits per heavy atom. The molecule has 0 aliphatic heterocycles. The molecule has 1 amide bonds. The van der Waals surface area contributed by atoms with Crippen LogP contribution < -0.4 is 10.0 Å². The van der Waals surface area contributed by atoms with Gasteiger partial charge in [-0.1, -0.05) is 43.7 Å². The van der Waals surface area contributed by atoms with Crippen molar-refractivity contribution in [1.29, 1.82) is 0 Å². The molecule has 0 aliphatic rings. The smallest absolute Gasteiger partial charge is 0.251 e. The lowest BCUT2D eigenvalue weighted by Crippen LogP contribution is -2.32. The quantitative estimate of drug-likeness (QED) is 0.719. The molecule has 0 saturated carbocycles. The molecule has 2 aromatic carbocycles. The molecule has 27 heavy (non-hydrogen) atoms. The summed E-state index contributed by atoms with van der Waals surface area (Å²) in [6.07, 6.45) is 1.47. The Bertz CT molecular complexity index is 859. The van der Waals surface area contributed by atoms with Crippen LogP contribution in [0.4, 0.5) is 0 Å². The van der Waals surface area contributed by atoms with Crippen LogP contribution in [0.2, 0.25) is 0 Å². The van der Waals surface area contributed by atoms with Crippen LogP contribution in [0.25, 0.3) is 0 Å². The minimum absolute atomic E-state index is 0.0893. The first kappa shape index (κ1) is 21.1. The van der Waals surface area contributed by atoms with Crippen molar-refractivity contribution in [3.05, 3.63) is 65.2 Å². The number of sulfonamides is 1. The second-order valence-electron chi connectivity index (χ2n) is 6.80. The largest absolute Gasteiger partial charge is 0.345 e. The SMILES string of the molecule is CCC(C)NS(=O)(=O)c1ccc(C(=O)NC(CC)c2ccc(C)cc2)cc1. The number of amides is 1. The summed E-state index contributed by atoms with van der Waals surface area (Å²) in [4.78, 5) is 12.7. The number of aryl methyl sites for hydroxylation is 1. The third-order valence-corrected chi connectivity index (χ3v) is 6.19. The van der Waals surface area contributed by atoms with Crippen molar-refractivity contribution >= 4 is 15.9 Å². The van der Waals surface area contributed by atoms with E-state index in [1.807, 2.05) is 52.0 Å². The second kappa shape index (κ2) is 9.15. The standard InChI is InChI=1S/C21H28N2O3S/c1-5-16(4)23-27(25,26)19-13-11-18(12-14-19)21(24)22-20(6-2)17-9-7-15(3)8-10-17/h7-14,16,20,23H,5-6H2,1-4H3,(H,22,24). The number of hydrogen-bond donors (Lipinski definition) is 2. The fourth-order valence-corrected chi connectivity index (χ4v) is 3.99. The van der Waals surface area contributed by atoms with Gasteiger partial charge in [0.2, 0.25) is 10.0 Å². The first-order valence-corrected chi connectivity index (χ1v) is 10.7. The van der Waals surface area contributed by atoms with Gasteiger partial charge in [-0.3, -0.25) is 4.79 Å². The lowest BCUT2D eigenvalue weighted by atomic mass is 10.0. The van der Waals surface area contributed by atoms with Crippen LogP contribution in [-0.4, -0.2) is 20.4 Å². The molecular weight excluding hydrogens is 360 g/mol. The third kappa shape index (κ3) is 5.65. The van der Waals surface area contributed by atoms with Crippen LogP contribution in [0.15, 0.2) is 53.4 Å². The highest BCUT2D eigenvalue weighted by molar-refractivity contribution is 7.89. The highest BCUT2D eigenvalue weighted by Gasteiger charge is 2.18. The van der Waals surface area contributed by atoms with Gasteiger partial charge in [0.15, 0.2) is 0 Å². The van der Waals surface area contributed by atoms with Crippen LogP contribution in [0, 0.1) is 6.92 Å². The molecule has 0 spiro atoms. The van der Waals surface area contributed by atoms with Gasteiger partial charge in [-0.15, -0.1) is 0 Å². The monoisotopic (exact) mass is 388 g/mol. The van der Waals surface area contributed by atoms with Crippen molar-refractivity contribution in [2.24, 2.45) is 0 Å². The predicted molar refractivity (Wildman–Crippen MR) is 108 cm³/mol. The van der Waals surface area contributed by atoms with Gasteiger partial charge in [0.25, 0.3) is 5.91 Å². The maximum atomic E-state index is 12.6. The van der Waals surface area contributed by atoms with Crippen molar-refractivity contribution in [3.8, 4) is 0 Å². The van der Waals surface area contributed by atoms with Crippen LogP contribution in [0.3, 0.4) is 0 Å². The average molecular weight is 389 g/mol. The molecule has 146 valence electrons. The fraction of sp³-hybridized carbons (Fsp3) is 0.381. The van der Waals surface area contributed by atoms with Crippen LogP contribution in [-0.2, 0) is 10.0 Å². The molecule has 0 heterocycles. The zero-order valence-electron chi connectivity index (χ0n) is 16.3. The molecule has 2 N–H and O–H groups in total. The molecule has 0 saturated heterocycles. The summed E-state index contributed by atoms with van der Waals surface area (Å²) in [5, 5.41) is 3.01. The predicted octanol–water partition coefficient (Wildman–Crippen LogP) is 3.95. The van der Waals surface area contributed by atoms with Crippen molar-refractivity contribution < 1.29 is 13.2 Å². The van der Waals surface area contributed by atoms with E-state index in [0.717, 1.165) is 12.0 Å². The molecule has 2 rings (SSSR count). The number of rotatable bonds is 8. The van der Waals surface area contributed by atoms with Gasteiger partial charge in [0.05, 0.1) is 10.9 Å². The van der Waals surface area contributed by atoms with Crippen LogP contribution in [0.5, 0.6) is 0 Å². The third-order valence-electron chi connectivity index (χ3n) is 4.59. The molecule has 0 fully saturated rings. The Morgan fingerprint density at radius 3 is 2.07 bits per heavy atom. The number of carbonyl (C=O) groups excluding carboxylic acids is 1. The van der Waals surface area contributed by atoms with Crippen molar-refractivity contribution in [2.45, 2.75) is 57.5 Å². The van der Waals surface area contributed by atoms with Gasteiger partial charge in [-0.05, 0) is 56.5 Å². The second-order valence-corrected chi connectivity index (χ2v) is 8.51. The maximum absolute atomic E-state index is 12.6. The van der Waals surface area contributed by atoms with Crippen molar-refractivity contribution in [2.75, 3.05) is 0 Å². The number of nitrogens with one attached hydrogen (secondary N) is 2. The number of carbonyl (C=O) groups is 1. The molecule has 0 bridgehead atoms. The molecule has 0 aliphatic carbocycles. The Balaban J connectivity index is 2.11. The van der Waals surface area contributed by atoms with Gasteiger partial charge >= 0.3 is 0 Å². The van der Waals surface area contributed by atoms with Gasteiger partial charge < -0.3 is 5.32 Å². The van der Waals surface area contributed by atoms with E-state index in [0.29, 0.717) is 12.0 Å². The van der Waals surface area contributed by atoms with E-state index in [1.165, 1.54) is 17.7 Å². The maximum Gasteiger partial charge on any atom is 0.251 e. The van der Waals surface area contributed by atoms with E-state index in [1.54, 1.807) is 12.1 Å². The molecule has 0 aromatic heterocycles. The molecule has 0 radical (unpaired) electrons. The number of hydrogen-bond acceptors (Lipinski definition) is 3. The topological polar surface area (TPSA) is 75.3 Å². The summed E-state index contributed by atoms with van der Waals surface area (Å²) >= 11 is 0. The minimum Gasteiger partial charge on any atom is -0.345 e.